The molecular formula is C5H16B2O6. The zero-order valence-corrected chi connectivity index (χ0v) is 7.54. The van der Waals surface area contributed by atoms with E-state index in [0.717, 1.165) is 0 Å². The van der Waals surface area contributed by atoms with Gasteiger partial charge in [0.05, 0.1) is 13.2 Å². The molecule has 0 saturated heterocycles. The fourth-order valence-corrected chi connectivity index (χ4v) is 0.454. The lowest BCUT2D eigenvalue weighted by Crippen LogP contribution is -2.23. The summed E-state index contributed by atoms with van der Waals surface area (Å²) in [5.41, 5.74) is 0. The molecule has 0 aromatic rings. The van der Waals surface area contributed by atoms with Crippen molar-refractivity contribution in [3.63, 3.8) is 0 Å². The van der Waals surface area contributed by atoms with E-state index in [1.807, 2.05) is 0 Å². The summed E-state index contributed by atoms with van der Waals surface area (Å²) in [7, 11) is -2.92. The summed E-state index contributed by atoms with van der Waals surface area (Å²) in [4.78, 5) is 0. The molecule has 6 N–H and O–H groups in total. The Bertz CT molecular complexity index is 99.0. The average Bonchev–Trinajstić information content (AvgIpc) is 2.03. The summed E-state index contributed by atoms with van der Waals surface area (Å²) >= 11 is 0. The van der Waals surface area contributed by atoms with Gasteiger partial charge in [-0.3, -0.25) is 0 Å². The normalized spacial score (nSPS) is 11.3. The molecule has 13 heavy (non-hydrogen) atoms. The third-order valence-corrected chi connectivity index (χ3v) is 1.19. The van der Waals surface area contributed by atoms with E-state index in [0.29, 0.717) is 0 Å². The zero-order chi connectivity index (χ0) is 10.9. The van der Waals surface area contributed by atoms with Gasteiger partial charge in [0.1, 0.15) is 0 Å². The third-order valence-electron chi connectivity index (χ3n) is 1.19. The molecule has 78 valence electrons. The molecule has 0 aliphatic heterocycles. The van der Waals surface area contributed by atoms with E-state index >= 15 is 0 Å². The van der Waals surface area contributed by atoms with Crippen LogP contribution in [-0.4, -0.2) is 57.8 Å². The quantitative estimate of drug-likeness (QED) is 0.270. The SMILES string of the molecule is CC(CB(O)O)B(O)O.OCCO. The van der Waals surface area contributed by atoms with Crippen molar-refractivity contribution < 1.29 is 30.3 Å². The molecule has 0 heterocycles. The maximum Gasteiger partial charge on any atom is 0.453 e. The third kappa shape index (κ3) is 14.7. The molecule has 0 aliphatic carbocycles. The molecule has 1 atom stereocenters. The van der Waals surface area contributed by atoms with Gasteiger partial charge >= 0.3 is 14.2 Å². The summed E-state index contributed by atoms with van der Waals surface area (Å²) in [5, 5.41) is 48.7. The highest BCUT2D eigenvalue weighted by Crippen LogP contribution is 2.11. The van der Waals surface area contributed by atoms with Crippen molar-refractivity contribution in [2.24, 2.45) is 0 Å². The van der Waals surface area contributed by atoms with E-state index in [1.165, 1.54) is 6.92 Å². The van der Waals surface area contributed by atoms with Crippen LogP contribution in [0, 0.1) is 0 Å². The molecule has 0 amide bonds. The van der Waals surface area contributed by atoms with E-state index in [-0.39, 0.29) is 19.5 Å². The maximum atomic E-state index is 8.40. The van der Waals surface area contributed by atoms with Crippen LogP contribution in [0.5, 0.6) is 0 Å². The van der Waals surface area contributed by atoms with Gasteiger partial charge in [0, 0.05) is 0 Å². The van der Waals surface area contributed by atoms with Crippen molar-refractivity contribution in [2.75, 3.05) is 13.2 Å². The van der Waals surface area contributed by atoms with Crippen molar-refractivity contribution in [1.82, 2.24) is 0 Å². The zero-order valence-electron chi connectivity index (χ0n) is 7.54. The summed E-state index contributed by atoms with van der Waals surface area (Å²) in [6, 6.07) is 0. The van der Waals surface area contributed by atoms with Crippen LogP contribution in [-0.2, 0) is 0 Å². The van der Waals surface area contributed by atoms with Crippen molar-refractivity contribution >= 4 is 14.2 Å². The Labute approximate surface area is 77.8 Å². The Morgan fingerprint density at radius 2 is 1.38 bits per heavy atom. The van der Waals surface area contributed by atoms with E-state index in [1.54, 1.807) is 0 Å². The van der Waals surface area contributed by atoms with Gasteiger partial charge in [-0.05, 0) is 12.1 Å². The first-order valence-corrected chi connectivity index (χ1v) is 3.89. The van der Waals surface area contributed by atoms with Gasteiger partial charge in [-0.1, -0.05) is 6.92 Å². The summed E-state index contributed by atoms with van der Waals surface area (Å²) in [6.45, 7) is 1.27. The van der Waals surface area contributed by atoms with Crippen LogP contribution in [0.4, 0.5) is 0 Å². The second-order valence-electron chi connectivity index (χ2n) is 2.55. The maximum absolute atomic E-state index is 8.40. The molecule has 0 fully saturated rings. The number of rotatable bonds is 4. The molecule has 0 aromatic carbocycles. The lowest BCUT2D eigenvalue weighted by Gasteiger charge is -2.06. The van der Waals surface area contributed by atoms with Crippen molar-refractivity contribution in [1.29, 1.82) is 0 Å². The second kappa shape index (κ2) is 9.97. The number of hydrogen-bond acceptors (Lipinski definition) is 6. The standard InChI is InChI=1S/C3H10B2O4.C2H6O2/c1-3(5(8)9)2-4(6)7;3-1-2-4/h3,6-9H,2H2,1H3;3-4H,1-2H2. The lowest BCUT2D eigenvalue weighted by molar-refractivity contribution is 0.186. The van der Waals surface area contributed by atoms with Crippen molar-refractivity contribution in [3.8, 4) is 0 Å². The van der Waals surface area contributed by atoms with Gasteiger partial charge in [0.15, 0.2) is 0 Å². The molecule has 1 unspecified atom stereocenters. The lowest BCUT2D eigenvalue weighted by atomic mass is 9.63. The largest absolute Gasteiger partial charge is 0.453 e. The van der Waals surface area contributed by atoms with Gasteiger partial charge in [-0.2, -0.15) is 0 Å². The first-order chi connectivity index (χ1) is 5.95. The molecule has 0 aromatic heterocycles. The molecule has 0 aliphatic rings. The fourth-order valence-electron chi connectivity index (χ4n) is 0.454. The minimum Gasteiger partial charge on any atom is -0.427 e. The van der Waals surface area contributed by atoms with Crippen LogP contribution in [0.25, 0.3) is 0 Å². The van der Waals surface area contributed by atoms with Gasteiger partial charge < -0.3 is 30.3 Å². The predicted octanol–water partition coefficient (Wildman–Crippen LogP) is -2.71. The van der Waals surface area contributed by atoms with E-state index in [2.05, 4.69) is 0 Å². The smallest absolute Gasteiger partial charge is 0.427 e. The van der Waals surface area contributed by atoms with Crippen LogP contribution in [0.3, 0.4) is 0 Å². The van der Waals surface area contributed by atoms with Crippen LogP contribution >= 0.6 is 0 Å². The van der Waals surface area contributed by atoms with Crippen LogP contribution in [0.2, 0.25) is 12.1 Å². The minimum absolute atomic E-state index is 0.0162. The summed E-state index contributed by atoms with van der Waals surface area (Å²) in [5.74, 6) is -0.495. The molecule has 8 heteroatoms. The second-order valence-corrected chi connectivity index (χ2v) is 2.55. The Morgan fingerprint density at radius 3 is 1.46 bits per heavy atom. The molecule has 6 nitrogen and oxygen atoms in total. The highest BCUT2D eigenvalue weighted by atomic mass is 16.4. The molecule has 0 radical (unpaired) electrons. The summed E-state index contributed by atoms with van der Waals surface area (Å²) in [6.07, 6.45) is -0.0162. The Balaban J connectivity index is 0. The first kappa shape index (κ1) is 15.4. The Kier molecular flexibility index (Phi) is 11.8. The molecular weight excluding hydrogens is 178 g/mol. The number of hydrogen-bond donors (Lipinski definition) is 6. The Hall–Kier alpha value is -0.110. The van der Waals surface area contributed by atoms with Crippen LogP contribution < -0.4 is 0 Å². The molecule has 0 rings (SSSR count). The highest BCUT2D eigenvalue weighted by Gasteiger charge is 2.22. The predicted molar refractivity (Wildman–Crippen MR) is 48.8 cm³/mol. The van der Waals surface area contributed by atoms with E-state index < -0.39 is 20.1 Å². The van der Waals surface area contributed by atoms with Crippen molar-refractivity contribution in [3.05, 3.63) is 0 Å². The van der Waals surface area contributed by atoms with Gasteiger partial charge in [-0.15, -0.1) is 0 Å². The van der Waals surface area contributed by atoms with Crippen LogP contribution in [0.15, 0.2) is 0 Å². The molecule has 0 bridgehead atoms. The number of aliphatic hydroxyl groups is 2. The molecule has 0 spiro atoms. The monoisotopic (exact) mass is 194 g/mol. The van der Waals surface area contributed by atoms with Gasteiger partial charge in [0.2, 0.25) is 0 Å². The Morgan fingerprint density at radius 1 is 1.00 bits per heavy atom. The topological polar surface area (TPSA) is 121 Å². The minimum atomic E-state index is -1.47. The molecule has 0 saturated carbocycles. The van der Waals surface area contributed by atoms with Crippen LogP contribution in [0.1, 0.15) is 6.92 Å². The first-order valence-electron chi connectivity index (χ1n) is 3.89. The fraction of sp³-hybridized carbons (Fsp3) is 1.00. The van der Waals surface area contributed by atoms with E-state index in [9.17, 15) is 0 Å². The highest BCUT2D eigenvalue weighted by molar-refractivity contribution is 6.49. The van der Waals surface area contributed by atoms with E-state index in [4.69, 9.17) is 30.3 Å². The van der Waals surface area contributed by atoms with Gasteiger partial charge in [0.25, 0.3) is 0 Å². The summed E-state index contributed by atoms with van der Waals surface area (Å²) < 4.78 is 0. The van der Waals surface area contributed by atoms with Gasteiger partial charge in [-0.25, -0.2) is 0 Å². The number of aliphatic hydroxyl groups excluding tert-OH is 2. The van der Waals surface area contributed by atoms with Crippen molar-refractivity contribution in [2.45, 2.75) is 19.1 Å². The average molecular weight is 194 g/mol.